The minimum absolute atomic E-state index is 0.131. The van der Waals surface area contributed by atoms with Gasteiger partial charge in [-0.05, 0) is 19.2 Å². The lowest BCUT2D eigenvalue weighted by Crippen LogP contribution is -2.45. The van der Waals surface area contributed by atoms with Gasteiger partial charge in [-0.15, -0.1) is 0 Å². The Kier molecular flexibility index (Phi) is 5.94. The van der Waals surface area contributed by atoms with Gasteiger partial charge in [0, 0.05) is 56.3 Å². The zero-order chi connectivity index (χ0) is 14.4. The maximum Gasteiger partial charge on any atom is 0.165 e. The maximum absolute atomic E-state index is 11.9. The lowest BCUT2D eigenvalue weighted by Gasteiger charge is -2.33. The van der Waals surface area contributed by atoms with Crippen molar-refractivity contribution < 1.29 is 4.79 Å². The topological polar surface area (TPSA) is 36.4 Å². The average Bonchev–Trinajstić information content (AvgIpc) is 2.48. The largest absolute Gasteiger partial charge is 0.355 e. The minimum Gasteiger partial charge on any atom is -0.355 e. The molecule has 1 aliphatic rings. The maximum atomic E-state index is 11.9. The number of ketones is 1. The van der Waals surface area contributed by atoms with Crippen molar-refractivity contribution in [2.24, 2.45) is 0 Å². The van der Waals surface area contributed by atoms with Crippen molar-refractivity contribution in [1.29, 1.82) is 0 Å². The van der Waals surface area contributed by atoms with E-state index >= 15 is 0 Å². The molecule has 0 amide bonds. The Bertz CT molecular complexity index is 459. The fraction of sp³-hybridized carbons (Fsp3) is 0.500. The fourth-order valence-corrected chi connectivity index (χ4v) is 3.24. The van der Waals surface area contributed by atoms with Crippen LogP contribution in [0.2, 0.25) is 0 Å². The number of pyridine rings is 1. The molecule has 0 radical (unpaired) electrons. The van der Waals surface area contributed by atoms with Crippen molar-refractivity contribution >= 4 is 34.1 Å². The molecule has 0 N–H and O–H groups in total. The van der Waals surface area contributed by atoms with Gasteiger partial charge in [0.25, 0.3) is 0 Å². The molecule has 0 aliphatic carbocycles. The zero-order valence-electron chi connectivity index (χ0n) is 11.6. The monoisotopic (exact) mass is 309 g/mol. The van der Waals surface area contributed by atoms with E-state index in [-0.39, 0.29) is 5.78 Å². The predicted molar refractivity (Wildman–Crippen MR) is 87.3 cm³/mol. The Balaban J connectivity index is 1.70. The van der Waals surface area contributed by atoms with Crippen LogP contribution in [0.4, 0.5) is 0 Å². The molecule has 1 aromatic heterocycles. The first-order valence-corrected chi connectivity index (χ1v) is 8.09. The Morgan fingerprint density at radius 1 is 1.40 bits per heavy atom. The number of thioether (sulfide) groups is 1. The average molecular weight is 309 g/mol. The van der Waals surface area contributed by atoms with E-state index in [1.165, 1.54) is 0 Å². The molecule has 1 fully saturated rings. The molecule has 4 nitrogen and oxygen atoms in total. The minimum atomic E-state index is 0.131. The van der Waals surface area contributed by atoms with Crippen molar-refractivity contribution in [3.05, 3.63) is 30.1 Å². The van der Waals surface area contributed by atoms with Gasteiger partial charge in [0.15, 0.2) is 5.78 Å². The van der Waals surface area contributed by atoms with Crippen LogP contribution in [0.5, 0.6) is 0 Å². The van der Waals surface area contributed by atoms with Crippen LogP contribution < -0.4 is 0 Å². The van der Waals surface area contributed by atoms with Gasteiger partial charge in [0.2, 0.25) is 0 Å². The molecule has 0 saturated carbocycles. The van der Waals surface area contributed by atoms with E-state index in [0.717, 1.165) is 36.3 Å². The molecule has 108 valence electrons. The number of thiocarbonyl (C=S) groups is 1. The number of Topliss-reactive ketones (excluding diaryl/α,β-unsaturated/α-hetero) is 1. The first-order valence-electron chi connectivity index (χ1n) is 6.70. The summed E-state index contributed by atoms with van der Waals surface area (Å²) in [6.07, 6.45) is 3.80. The van der Waals surface area contributed by atoms with Crippen molar-refractivity contribution in [2.45, 2.75) is 6.42 Å². The van der Waals surface area contributed by atoms with Gasteiger partial charge in [-0.25, -0.2) is 0 Å². The summed E-state index contributed by atoms with van der Waals surface area (Å²) in [5.41, 5.74) is 0.679. The Morgan fingerprint density at radius 3 is 2.80 bits per heavy atom. The first-order chi connectivity index (χ1) is 9.66. The smallest absolute Gasteiger partial charge is 0.165 e. The quantitative estimate of drug-likeness (QED) is 0.625. The highest BCUT2D eigenvalue weighted by Crippen LogP contribution is 2.14. The second kappa shape index (κ2) is 7.71. The predicted octanol–water partition coefficient (Wildman–Crippen LogP) is 1.92. The van der Waals surface area contributed by atoms with E-state index in [9.17, 15) is 4.79 Å². The van der Waals surface area contributed by atoms with E-state index < -0.39 is 0 Å². The lowest BCUT2D eigenvalue weighted by molar-refractivity contribution is 0.0989. The molecule has 0 unspecified atom stereocenters. The Labute approximate surface area is 129 Å². The highest BCUT2D eigenvalue weighted by Gasteiger charge is 2.16. The summed E-state index contributed by atoms with van der Waals surface area (Å²) in [7, 11) is 2.13. The van der Waals surface area contributed by atoms with E-state index in [1.807, 2.05) is 0 Å². The molecular formula is C14H19N3OS2. The summed E-state index contributed by atoms with van der Waals surface area (Å²) in [4.78, 5) is 20.4. The zero-order valence-corrected chi connectivity index (χ0v) is 13.3. The van der Waals surface area contributed by atoms with Gasteiger partial charge >= 0.3 is 0 Å². The van der Waals surface area contributed by atoms with Crippen LogP contribution in [0.25, 0.3) is 0 Å². The molecule has 1 aromatic rings. The molecule has 2 heterocycles. The van der Waals surface area contributed by atoms with Crippen molar-refractivity contribution in [3.63, 3.8) is 0 Å². The SMILES string of the molecule is CN1CCN(C(=S)SCCC(=O)c2cccnc2)CC1. The third-order valence-electron chi connectivity index (χ3n) is 3.30. The van der Waals surface area contributed by atoms with E-state index in [1.54, 1.807) is 36.3 Å². The molecule has 1 saturated heterocycles. The van der Waals surface area contributed by atoms with Crippen LogP contribution in [-0.4, -0.2) is 63.9 Å². The van der Waals surface area contributed by atoms with E-state index in [4.69, 9.17) is 12.2 Å². The second-order valence-electron chi connectivity index (χ2n) is 4.82. The van der Waals surface area contributed by atoms with Crippen LogP contribution >= 0.6 is 24.0 Å². The normalized spacial score (nSPS) is 16.1. The van der Waals surface area contributed by atoms with Gasteiger partial charge in [0.1, 0.15) is 4.32 Å². The van der Waals surface area contributed by atoms with E-state index in [0.29, 0.717) is 12.0 Å². The van der Waals surface area contributed by atoms with Crippen LogP contribution in [0.3, 0.4) is 0 Å². The van der Waals surface area contributed by atoms with Crippen LogP contribution in [0.1, 0.15) is 16.8 Å². The Hall–Kier alpha value is -0.980. The van der Waals surface area contributed by atoms with Gasteiger partial charge < -0.3 is 9.80 Å². The summed E-state index contributed by atoms with van der Waals surface area (Å²) >= 11 is 7.03. The molecule has 0 atom stereocenters. The van der Waals surface area contributed by atoms with Crippen molar-refractivity contribution in [3.8, 4) is 0 Å². The van der Waals surface area contributed by atoms with Gasteiger partial charge in [-0.3, -0.25) is 9.78 Å². The number of nitrogens with zero attached hydrogens (tertiary/aromatic N) is 3. The molecule has 0 bridgehead atoms. The molecule has 20 heavy (non-hydrogen) atoms. The Morgan fingerprint density at radius 2 is 2.15 bits per heavy atom. The van der Waals surface area contributed by atoms with Gasteiger partial charge in [-0.2, -0.15) is 0 Å². The number of piperazine rings is 1. The summed E-state index contributed by atoms with van der Waals surface area (Å²) in [6.45, 7) is 4.07. The summed E-state index contributed by atoms with van der Waals surface area (Å²) in [6, 6.07) is 3.59. The van der Waals surface area contributed by atoms with Crippen LogP contribution in [0, 0.1) is 0 Å². The van der Waals surface area contributed by atoms with Crippen molar-refractivity contribution in [1.82, 2.24) is 14.8 Å². The number of carbonyl (C=O) groups excluding carboxylic acids is 1. The fourth-order valence-electron chi connectivity index (χ4n) is 1.98. The highest BCUT2D eigenvalue weighted by atomic mass is 32.2. The molecular weight excluding hydrogens is 290 g/mol. The number of hydrogen-bond acceptors (Lipinski definition) is 5. The van der Waals surface area contributed by atoms with Gasteiger partial charge in [0.05, 0.1) is 0 Å². The number of likely N-dealkylation sites (N-methyl/N-ethyl adjacent to an activating group) is 1. The number of carbonyl (C=O) groups is 1. The number of aromatic nitrogens is 1. The third-order valence-corrected chi connectivity index (χ3v) is 4.82. The molecule has 0 spiro atoms. The molecule has 2 rings (SSSR count). The second-order valence-corrected chi connectivity index (χ2v) is 6.55. The lowest BCUT2D eigenvalue weighted by atomic mass is 10.1. The molecule has 0 aromatic carbocycles. The molecule has 6 heteroatoms. The number of hydrogen-bond donors (Lipinski definition) is 0. The standard InChI is InChI=1S/C14H19N3OS2/c1-16-6-8-17(9-7-16)14(19)20-10-4-13(18)12-3-2-5-15-11-12/h2-3,5,11H,4,6-10H2,1H3. The molecule has 1 aliphatic heterocycles. The van der Waals surface area contributed by atoms with E-state index in [2.05, 4.69) is 21.8 Å². The highest BCUT2D eigenvalue weighted by molar-refractivity contribution is 8.22. The third kappa shape index (κ3) is 4.54. The summed E-state index contributed by atoms with van der Waals surface area (Å²) in [5, 5.41) is 0. The van der Waals surface area contributed by atoms with Gasteiger partial charge in [-0.1, -0.05) is 24.0 Å². The summed E-state index contributed by atoms with van der Waals surface area (Å²) < 4.78 is 0.914. The van der Waals surface area contributed by atoms with Crippen molar-refractivity contribution in [2.75, 3.05) is 39.0 Å². The summed E-state index contributed by atoms with van der Waals surface area (Å²) in [5.74, 6) is 0.866. The van der Waals surface area contributed by atoms with Crippen LogP contribution in [-0.2, 0) is 0 Å². The van der Waals surface area contributed by atoms with Crippen LogP contribution in [0.15, 0.2) is 24.5 Å². The first kappa shape index (κ1) is 15.4. The number of rotatable bonds is 4.